The molecule has 0 saturated heterocycles. The van der Waals surface area contributed by atoms with Crippen molar-refractivity contribution in [2.24, 2.45) is 0 Å². The van der Waals surface area contributed by atoms with Gasteiger partial charge in [0.05, 0.1) is 12.3 Å². The molecule has 0 unspecified atom stereocenters. The van der Waals surface area contributed by atoms with Crippen molar-refractivity contribution in [2.45, 2.75) is 52.0 Å². The topological polar surface area (TPSA) is 38.0 Å². The van der Waals surface area contributed by atoms with Crippen LogP contribution in [0.2, 0.25) is 0 Å². The molecule has 1 N–H and O–H groups in total. The van der Waals surface area contributed by atoms with Gasteiger partial charge in [0.15, 0.2) is 0 Å². The quantitative estimate of drug-likeness (QED) is 0.824. The van der Waals surface area contributed by atoms with Gasteiger partial charge in [-0.15, -0.1) is 0 Å². The molecule has 1 fully saturated rings. The van der Waals surface area contributed by atoms with Gasteiger partial charge in [-0.1, -0.05) is 6.42 Å². The van der Waals surface area contributed by atoms with E-state index in [0.717, 1.165) is 25.1 Å². The van der Waals surface area contributed by atoms with Gasteiger partial charge in [-0.3, -0.25) is 4.68 Å². The molecule has 1 aromatic heterocycles. The standard InChI is InChI=1S/C12H20N2O/c1-4-14-10(3)11(9(2)13-14)12(8-15)6-5-7-12/h15H,4-8H2,1-3H3. The maximum atomic E-state index is 9.58. The summed E-state index contributed by atoms with van der Waals surface area (Å²) in [5.74, 6) is 0. The molecule has 1 aliphatic carbocycles. The van der Waals surface area contributed by atoms with E-state index >= 15 is 0 Å². The zero-order valence-corrected chi connectivity index (χ0v) is 9.88. The Morgan fingerprint density at radius 1 is 1.40 bits per heavy atom. The molecule has 84 valence electrons. The number of rotatable bonds is 3. The minimum atomic E-state index is 0.0294. The predicted molar refractivity (Wildman–Crippen MR) is 60.0 cm³/mol. The van der Waals surface area contributed by atoms with Crippen LogP contribution in [0.1, 0.15) is 43.1 Å². The first-order chi connectivity index (χ1) is 7.14. The van der Waals surface area contributed by atoms with Crippen molar-refractivity contribution >= 4 is 0 Å². The summed E-state index contributed by atoms with van der Waals surface area (Å²) in [7, 11) is 0. The van der Waals surface area contributed by atoms with Crippen molar-refractivity contribution in [3.8, 4) is 0 Å². The van der Waals surface area contributed by atoms with Gasteiger partial charge in [0.25, 0.3) is 0 Å². The molecule has 1 saturated carbocycles. The highest BCUT2D eigenvalue weighted by molar-refractivity contribution is 5.35. The van der Waals surface area contributed by atoms with Crippen LogP contribution in [0.4, 0.5) is 0 Å². The molecular formula is C12H20N2O. The zero-order chi connectivity index (χ0) is 11.1. The number of hydrogen-bond acceptors (Lipinski definition) is 2. The third kappa shape index (κ3) is 1.41. The van der Waals surface area contributed by atoms with Gasteiger partial charge in [-0.05, 0) is 33.6 Å². The van der Waals surface area contributed by atoms with Crippen LogP contribution in [0.5, 0.6) is 0 Å². The van der Waals surface area contributed by atoms with E-state index in [1.807, 2.05) is 4.68 Å². The van der Waals surface area contributed by atoms with Crippen molar-refractivity contribution in [1.29, 1.82) is 0 Å². The SMILES string of the molecule is CCn1nc(C)c(C2(CO)CCC2)c1C. The third-order valence-corrected chi connectivity index (χ3v) is 3.82. The Balaban J connectivity index is 2.47. The van der Waals surface area contributed by atoms with Gasteiger partial charge in [0.1, 0.15) is 0 Å². The summed E-state index contributed by atoms with van der Waals surface area (Å²) < 4.78 is 2.04. The minimum Gasteiger partial charge on any atom is -0.395 e. The lowest BCUT2D eigenvalue weighted by atomic mass is 9.64. The second kappa shape index (κ2) is 3.63. The van der Waals surface area contributed by atoms with Crippen molar-refractivity contribution in [3.63, 3.8) is 0 Å². The maximum Gasteiger partial charge on any atom is 0.0635 e. The molecule has 3 heteroatoms. The number of aromatic nitrogens is 2. The van der Waals surface area contributed by atoms with Gasteiger partial charge in [0, 0.05) is 23.2 Å². The van der Waals surface area contributed by atoms with Crippen molar-refractivity contribution in [2.75, 3.05) is 6.61 Å². The van der Waals surface area contributed by atoms with E-state index in [2.05, 4.69) is 25.9 Å². The highest BCUT2D eigenvalue weighted by Gasteiger charge is 2.41. The molecule has 1 aromatic rings. The van der Waals surface area contributed by atoms with Crippen molar-refractivity contribution in [3.05, 3.63) is 17.0 Å². The van der Waals surface area contributed by atoms with Crippen LogP contribution in [0.25, 0.3) is 0 Å². The molecule has 0 atom stereocenters. The lowest BCUT2D eigenvalue weighted by Crippen LogP contribution is -2.39. The molecule has 0 bridgehead atoms. The number of aryl methyl sites for hydroxylation is 2. The van der Waals surface area contributed by atoms with E-state index in [0.29, 0.717) is 0 Å². The third-order valence-electron chi connectivity index (χ3n) is 3.82. The normalized spacial score (nSPS) is 18.9. The molecule has 15 heavy (non-hydrogen) atoms. The van der Waals surface area contributed by atoms with Crippen LogP contribution >= 0.6 is 0 Å². The summed E-state index contributed by atoms with van der Waals surface area (Å²) in [5, 5.41) is 14.1. The molecule has 1 aliphatic rings. The van der Waals surface area contributed by atoms with Crippen LogP contribution in [0, 0.1) is 13.8 Å². The Kier molecular flexibility index (Phi) is 2.59. The number of nitrogens with zero attached hydrogens (tertiary/aromatic N) is 2. The van der Waals surface area contributed by atoms with Crippen molar-refractivity contribution < 1.29 is 5.11 Å². The molecular weight excluding hydrogens is 188 g/mol. The fourth-order valence-electron chi connectivity index (χ4n) is 2.86. The Morgan fingerprint density at radius 3 is 2.40 bits per heavy atom. The lowest BCUT2D eigenvalue weighted by Gasteiger charge is -2.41. The molecule has 0 radical (unpaired) electrons. The number of hydrogen-bond donors (Lipinski definition) is 1. The molecule has 0 spiro atoms. The monoisotopic (exact) mass is 208 g/mol. The molecule has 0 aromatic carbocycles. The average Bonchev–Trinajstić information content (AvgIpc) is 2.44. The Labute approximate surface area is 91.1 Å². The Bertz CT molecular complexity index is 358. The summed E-state index contributed by atoms with van der Waals surface area (Å²) in [6.07, 6.45) is 3.46. The largest absolute Gasteiger partial charge is 0.395 e. The summed E-state index contributed by atoms with van der Waals surface area (Å²) in [6, 6.07) is 0. The molecule has 0 aliphatic heterocycles. The second-order valence-corrected chi connectivity index (χ2v) is 4.65. The van der Waals surface area contributed by atoms with E-state index < -0.39 is 0 Å². The fourth-order valence-corrected chi connectivity index (χ4v) is 2.86. The first-order valence-corrected chi connectivity index (χ1v) is 5.80. The highest BCUT2D eigenvalue weighted by atomic mass is 16.3. The summed E-state index contributed by atoms with van der Waals surface area (Å²) in [4.78, 5) is 0. The van der Waals surface area contributed by atoms with Crippen LogP contribution in [-0.2, 0) is 12.0 Å². The van der Waals surface area contributed by atoms with Crippen LogP contribution < -0.4 is 0 Å². The Hall–Kier alpha value is -0.830. The van der Waals surface area contributed by atoms with Crippen LogP contribution in [0.3, 0.4) is 0 Å². The first-order valence-electron chi connectivity index (χ1n) is 5.80. The second-order valence-electron chi connectivity index (χ2n) is 4.65. The van der Waals surface area contributed by atoms with E-state index in [1.54, 1.807) is 0 Å². The van der Waals surface area contributed by atoms with E-state index in [4.69, 9.17) is 0 Å². The lowest BCUT2D eigenvalue weighted by molar-refractivity contribution is 0.119. The molecule has 0 amide bonds. The van der Waals surface area contributed by atoms with Crippen LogP contribution in [0.15, 0.2) is 0 Å². The fraction of sp³-hybridized carbons (Fsp3) is 0.750. The van der Waals surface area contributed by atoms with Gasteiger partial charge < -0.3 is 5.11 Å². The average molecular weight is 208 g/mol. The minimum absolute atomic E-state index is 0.0294. The summed E-state index contributed by atoms with van der Waals surface area (Å²) in [6.45, 7) is 7.46. The summed E-state index contributed by atoms with van der Waals surface area (Å²) >= 11 is 0. The molecule has 2 rings (SSSR count). The van der Waals surface area contributed by atoms with Gasteiger partial charge in [-0.2, -0.15) is 5.10 Å². The first kappa shape index (κ1) is 10.7. The van der Waals surface area contributed by atoms with Crippen LogP contribution in [-0.4, -0.2) is 21.5 Å². The van der Waals surface area contributed by atoms with Crippen molar-refractivity contribution in [1.82, 2.24) is 9.78 Å². The van der Waals surface area contributed by atoms with Gasteiger partial charge in [0.2, 0.25) is 0 Å². The van der Waals surface area contributed by atoms with E-state index in [9.17, 15) is 5.11 Å². The smallest absolute Gasteiger partial charge is 0.0635 e. The molecule has 3 nitrogen and oxygen atoms in total. The highest BCUT2D eigenvalue weighted by Crippen LogP contribution is 2.45. The maximum absolute atomic E-state index is 9.58. The van der Waals surface area contributed by atoms with E-state index in [1.165, 1.54) is 17.7 Å². The van der Waals surface area contributed by atoms with Gasteiger partial charge >= 0.3 is 0 Å². The number of aliphatic hydroxyl groups is 1. The number of aliphatic hydroxyl groups excluding tert-OH is 1. The van der Waals surface area contributed by atoms with Gasteiger partial charge in [-0.25, -0.2) is 0 Å². The predicted octanol–water partition coefficient (Wildman–Crippen LogP) is 1.93. The molecule has 1 heterocycles. The Morgan fingerprint density at radius 2 is 2.07 bits per heavy atom. The summed E-state index contributed by atoms with van der Waals surface area (Å²) in [5.41, 5.74) is 3.67. The zero-order valence-electron chi connectivity index (χ0n) is 9.88. The van der Waals surface area contributed by atoms with E-state index in [-0.39, 0.29) is 12.0 Å².